The molecule has 0 spiro atoms. The highest BCUT2D eigenvalue weighted by atomic mass is 32.1. The summed E-state index contributed by atoms with van der Waals surface area (Å²) in [6.07, 6.45) is 6.47. The zero-order valence-corrected chi connectivity index (χ0v) is 15.8. The molecule has 4 aromatic heterocycles. The monoisotopic (exact) mass is 386 g/mol. The van der Waals surface area contributed by atoms with Crippen LogP contribution in [0, 0.1) is 12.7 Å². The summed E-state index contributed by atoms with van der Waals surface area (Å²) < 4.78 is 16.0. The Morgan fingerprint density at radius 1 is 1.04 bits per heavy atom. The van der Waals surface area contributed by atoms with Crippen LogP contribution < -0.4 is 0 Å². The summed E-state index contributed by atoms with van der Waals surface area (Å²) in [5, 5.41) is 1.94. The first-order chi connectivity index (χ1) is 13.7. The average molecular weight is 386 g/mol. The lowest BCUT2D eigenvalue weighted by Gasteiger charge is -2.07. The first-order valence-electron chi connectivity index (χ1n) is 8.81. The summed E-state index contributed by atoms with van der Waals surface area (Å²) in [5.74, 6) is -0.348. The maximum atomic E-state index is 14.1. The van der Waals surface area contributed by atoms with Gasteiger partial charge in [-0.3, -0.25) is 9.97 Å². The summed E-state index contributed by atoms with van der Waals surface area (Å²) in [6, 6.07) is 15.6. The molecule has 4 nitrogen and oxygen atoms in total. The van der Waals surface area contributed by atoms with Gasteiger partial charge in [0.15, 0.2) is 5.82 Å². The number of rotatable bonds is 3. The van der Waals surface area contributed by atoms with E-state index in [0.29, 0.717) is 5.69 Å². The van der Waals surface area contributed by atoms with Crippen molar-refractivity contribution in [2.75, 3.05) is 0 Å². The Balaban J connectivity index is 1.59. The van der Waals surface area contributed by atoms with Crippen LogP contribution >= 0.6 is 11.3 Å². The molecule has 4 heterocycles. The van der Waals surface area contributed by atoms with Crippen LogP contribution in [0.3, 0.4) is 0 Å². The number of aryl methyl sites for hydroxylation is 1. The van der Waals surface area contributed by atoms with Crippen LogP contribution in [-0.4, -0.2) is 19.5 Å². The summed E-state index contributed by atoms with van der Waals surface area (Å²) >= 11 is 1.64. The van der Waals surface area contributed by atoms with Crippen LogP contribution in [0.4, 0.5) is 4.39 Å². The van der Waals surface area contributed by atoms with Gasteiger partial charge in [-0.1, -0.05) is 12.1 Å². The Hall–Kier alpha value is -3.38. The maximum Gasteiger partial charge on any atom is 0.165 e. The van der Waals surface area contributed by atoms with Crippen LogP contribution in [0.2, 0.25) is 0 Å². The fraction of sp³-hybridized carbons (Fsp3) is 0.0455. The third-order valence-electron chi connectivity index (χ3n) is 4.65. The molecule has 0 radical (unpaired) electrons. The Morgan fingerprint density at radius 2 is 1.96 bits per heavy atom. The molecule has 0 saturated carbocycles. The second kappa shape index (κ2) is 6.65. The number of aromatic nitrogens is 4. The molecule has 28 heavy (non-hydrogen) atoms. The van der Waals surface area contributed by atoms with Crippen molar-refractivity contribution in [1.29, 1.82) is 0 Å². The summed E-state index contributed by atoms with van der Waals surface area (Å²) in [6.45, 7) is 2.07. The lowest BCUT2D eigenvalue weighted by Crippen LogP contribution is -1.96. The predicted molar refractivity (Wildman–Crippen MR) is 110 cm³/mol. The quantitative estimate of drug-likeness (QED) is 0.402. The van der Waals surface area contributed by atoms with Gasteiger partial charge in [0.25, 0.3) is 0 Å². The SMILES string of the molecule is Cc1sc(-c2ccccn2)nc1-c1ccc2c(ccn2-c2ccncc2F)c1. The number of pyridine rings is 2. The molecule has 5 aromatic rings. The minimum atomic E-state index is -0.348. The molecule has 5 rings (SSSR count). The van der Waals surface area contributed by atoms with Gasteiger partial charge in [-0.05, 0) is 43.3 Å². The number of fused-ring (bicyclic) bond motifs is 1. The van der Waals surface area contributed by atoms with Crippen molar-refractivity contribution in [2.24, 2.45) is 0 Å². The maximum absolute atomic E-state index is 14.1. The van der Waals surface area contributed by atoms with Crippen molar-refractivity contribution in [1.82, 2.24) is 19.5 Å². The number of halogens is 1. The summed E-state index contributed by atoms with van der Waals surface area (Å²) in [5.41, 5.74) is 4.29. The predicted octanol–water partition coefficient (Wildman–Crippen LogP) is 5.66. The second-order valence-corrected chi connectivity index (χ2v) is 7.63. The van der Waals surface area contributed by atoms with Crippen LogP contribution in [0.15, 0.2) is 73.3 Å². The fourth-order valence-electron chi connectivity index (χ4n) is 3.33. The van der Waals surface area contributed by atoms with Crippen LogP contribution in [0.25, 0.3) is 38.5 Å². The van der Waals surface area contributed by atoms with Gasteiger partial charge in [0, 0.05) is 34.4 Å². The van der Waals surface area contributed by atoms with Crippen molar-refractivity contribution in [3.8, 4) is 27.6 Å². The Morgan fingerprint density at radius 3 is 2.79 bits per heavy atom. The molecule has 0 unspecified atom stereocenters. The van der Waals surface area contributed by atoms with E-state index >= 15 is 0 Å². The van der Waals surface area contributed by atoms with E-state index in [4.69, 9.17) is 4.98 Å². The number of nitrogens with zero attached hydrogens (tertiary/aromatic N) is 4. The molecule has 0 bridgehead atoms. The molecule has 1 aromatic carbocycles. The number of thiazole rings is 1. The van der Waals surface area contributed by atoms with Gasteiger partial charge in [-0.15, -0.1) is 11.3 Å². The largest absolute Gasteiger partial charge is 0.314 e. The Kier molecular flexibility index (Phi) is 3.98. The van der Waals surface area contributed by atoms with Gasteiger partial charge in [-0.2, -0.15) is 0 Å². The van der Waals surface area contributed by atoms with Crippen molar-refractivity contribution in [3.63, 3.8) is 0 Å². The lowest BCUT2D eigenvalue weighted by molar-refractivity contribution is 0.613. The fourth-order valence-corrected chi connectivity index (χ4v) is 4.24. The Labute approximate surface area is 165 Å². The van der Waals surface area contributed by atoms with E-state index < -0.39 is 0 Å². The van der Waals surface area contributed by atoms with Gasteiger partial charge in [0.05, 0.1) is 28.8 Å². The Bertz CT molecular complexity index is 1290. The first kappa shape index (κ1) is 16.8. The first-order valence-corrected chi connectivity index (χ1v) is 9.62. The molecule has 0 aliphatic heterocycles. The lowest BCUT2D eigenvalue weighted by atomic mass is 10.1. The molecular weight excluding hydrogens is 371 g/mol. The minimum Gasteiger partial charge on any atom is -0.314 e. The molecule has 6 heteroatoms. The highest BCUT2D eigenvalue weighted by Gasteiger charge is 2.14. The van der Waals surface area contributed by atoms with E-state index in [2.05, 4.69) is 23.0 Å². The van der Waals surface area contributed by atoms with E-state index in [-0.39, 0.29) is 5.82 Å². The summed E-state index contributed by atoms with van der Waals surface area (Å²) in [4.78, 5) is 14.2. The van der Waals surface area contributed by atoms with E-state index in [0.717, 1.165) is 37.7 Å². The topological polar surface area (TPSA) is 43.6 Å². The number of benzene rings is 1. The third-order valence-corrected chi connectivity index (χ3v) is 5.65. The molecule has 0 amide bonds. The molecule has 0 fully saturated rings. The molecule has 0 saturated heterocycles. The van der Waals surface area contributed by atoms with Gasteiger partial charge in [0.2, 0.25) is 0 Å². The average Bonchev–Trinajstić information content (AvgIpc) is 3.32. The van der Waals surface area contributed by atoms with E-state index in [1.807, 2.05) is 47.2 Å². The normalized spacial score (nSPS) is 11.2. The standard InChI is InChI=1S/C22H15FN4S/c1-14-21(26-22(28-14)18-4-2-3-9-25-18)16-5-6-19-15(12-16)8-11-27(19)20-7-10-24-13-17(20)23/h2-13H,1H3. The molecular formula is C22H15FN4S. The molecule has 0 N–H and O–H groups in total. The van der Waals surface area contributed by atoms with Gasteiger partial charge in [-0.25, -0.2) is 9.37 Å². The van der Waals surface area contributed by atoms with Crippen molar-refractivity contribution in [2.45, 2.75) is 6.92 Å². The highest BCUT2D eigenvalue weighted by Crippen LogP contribution is 2.34. The van der Waals surface area contributed by atoms with E-state index in [1.54, 1.807) is 29.8 Å². The van der Waals surface area contributed by atoms with Gasteiger partial charge < -0.3 is 4.57 Å². The van der Waals surface area contributed by atoms with E-state index in [1.165, 1.54) is 6.20 Å². The number of hydrogen-bond acceptors (Lipinski definition) is 4. The van der Waals surface area contributed by atoms with Gasteiger partial charge in [0.1, 0.15) is 5.01 Å². The summed E-state index contributed by atoms with van der Waals surface area (Å²) in [7, 11) is 0. The van der Waals surface area contributed by atoms with Crippen LogP contribution in [0.1, 0.15) is 4.88 Å². The van der Waals surface area contributed by atoms with Crippen molar-refractivity contribution >= 4 is 22.2 Å². The third kappa shape index (κ3) is 2.78. The molecule has 0 aliphatic carbocycles. The van der Waals surface area contributed by atoms with Crippen LogP contribution in [0.5, 0.6) is 0 Å². The highest BCUT2D eigenvalue weighted by molar-refractivity contribution is 7.15. The molecule has 0 aliphatic rings. The van der Waals surface area contributed by atoms with E-state index in [9.17, 15) is 4.39 Å². The van der Waals surface area contributed by atoms with Gasteiger partial charge >= 0.3 is 0 Å². The zero-order chi connectivity index (χ0) is 19.1. The second-order valence-electron chi connectivity index (χ2n) is 6.43. The van der Waals surface area contributed by atoms with Crippen molar-refractivity contribution in [3.05, 3.63) is 84.0 Å². The molecule has 0 atom stereocenters. The van der Waals surface area contributed by atoms with Crippen molar-refractivity contribution < 1.29 is 4.39 Å². The molecule has 136 valence electrons. The smallest absolute Gasteiger partial charge is 0.165 e. The number of hydrogen-bond donors (Lipinski definition) is 0. The minimum absolute atomic E-state index is 0.348. The zero-order valence-electron chi connectivity index (χ0n) is 15.0. The van der Waals surface area contributed by atoms with Crippen LogP contribution in [-0.2, 0) is 0 Å².